The second-order valence-corrected chi connectivity index (χ2v) is 4.86. The summed E-state index contributed by atoms with van der Waals surface area (Å²) >= 11 is 0. The SMILES string of the molecule is C#CCNC(=O)C(C)Oc1ccc(CNC(C)C)cc1. The number of terminal acetylenes is 1. The van der Waals surface area contributed by atoms with E-state index in [2.05, 4.69) is 30.4 Å². The van der Waals surface area contributed by atoms with Gasteiger partial charge in [0.1, 0.15) is 5.75 Å². The van der Waals surface area contributed by atoms with Crippen LogP contribution >= 0.6 is 0 Å². The molecule has 1 aromatic carbocycles. The molecule has 0 aliphatic heterocycles. The van der Waals surface area contributed by atoms with Crippen LogP contribution in [0.4, 0.5) is 0 Å². The second kappa shape index (κ2) is 8.23. The summed E-state index contributed by atoms with van der Waals surface area (Å²) in [5, 5.41) is 5.93. The average molecular weight is 274 g/mol. The number of amides is 1. The standard InChI is InChI=1S/C16H22N2O2/c1-5-10-17-16(19)13(4)20-15-8-6-14(7-9-15)11-18-12(2)3/h1,6-9,12-13,18H,10-11H2,2-4H3,(H,17,19). The molecule has 1 atom stereocenters. The van der Waals surface area contributed by atoms with Gasteiger partial charge >= 0.3 is 0 Å². The molecule has 2 N–H and O–H groups in total. The van der Waals surface area contributed by atoms with E-state index >= 15 is 0 Å². The normalized spacial score (nSPS) is 11.8. The third kappa shape index (κ3) is 5.77. The van der Waals surface area contributed by atoms with Gasteiger partial charge in [-0.1, -0.05) is 31.9 Å². The predicted octanol–water partition coefficient (Wildman–Crippen LogP) is 1.70. The van der Waals surface area contributed by atoms with Gasteiger partial charge in [0.15, 0.2) is 6.10 Å². The van der Waals surface area contributed by atoms with Crippen molar-refractivity contribution < 1.29 is 9.53 Å². The molecule has 1 amide bonds. The van der Waals surface area contributed by atoms with Gasteiger partial charge < -0.3 is 15.4 Å². The molecule has 0 heterocycles. The molecule has 0 radical (unpaired) electrons. The van der Waals surface area contributed by atoms with Gasteiger partial charge in [0.25, 0.3) is 5.91 Å². The van der Waals surface area contributed by atoms with Crippen LogP contribution in [-0.2, 0) is 11.3 Å². The molecule has 1 rings (SSSR count). The Balaban J connectivity index is 2.48. The van der Waals surface area contributed by atoms with Crippen LogP contribution in [0.25, 0.3) is 0 Å². The lowest BCUT2D eigenvalue weighted by molar-refractivity contribution is -0.126. The Morgan fingerprint density at radius 2 is 1.95 bits per heavy atom. The van der Waals surface area contributed by atoms with E-state index in [9.17, 15) is 4.79 Å². The van der Waals surface area contributed by atoms with Crippen molar-refractivity contribution in [3.63, 3.8) is 0 Å². The van der Waals surface area contributed by atoms with Gasteiger partial charge in [0.2, 0.25) is 0 Å². The van der Waals surface area contributed by atoms with Crippen molar-refractivity contribution in [1.82, 2.24) is 10.6 Å². The van der Waals surface area contributed by atoms with Crippen molar-refractivity contribution in [2.75, 3.05) is 6.54 Å². The lowest BCUT2D eigenvalue weighted by Crippen LogP contribution is -2.36. The number of carbonyl (C=O) groups excluding carboxylic acids is 1. The van der Waals surface area contributed by atoms with Crippen molar-refractivity contribution in [2.45, 2.75) is 39.5 Å². The third-order valence-corrected chi connectivity index (χ3v) is 2.68. The molecular formula is C16H22N2O2. The van der Waals surface area contributed by atoms with Crippen LogP contribution in [0.1, 0.15) is 26.3 Å². The summed E-state index contributed by atoms with van der Waals surface area (Å²) in [5.41, 5.74) is 1.18. The molecule has 4 heteroatoms. The van der Waals surface area contributed by atoms with Crippen molar-refractivity contribution in [3.8, 4) is 18.1 Å². The Morgan fingerprint density at radius 3 is 2.50 bits per heavy atom. The second-order valence-electron chi connectivity index (χ2n) is 4.86. The predicted molar refractivity (Wildman–Crippen MR) is 80.4 cm³/mol. The minimum absolute atomic E-state index is 0.214. The molecule has 20 heavy (non-hydrogen) atoms. The highest BCUT2D eigenvalue weighted by molar-refractivity contribution is 5.80. The van der Waals surface area contributed by atoms with E-state index in [1.807, 2.05) is 24.3 Å². The molecule has 0 saturated heterocycles. The lowest BCUT2D eigenvalue weighted by Gasteiger charge is -2.14. The van der Waals surface area contributed by atoms with Crippen LogP contribution in [0.15, 0.2) is 24.3 Å². The van der Waals surface area contributed by atoms with E-state index in [4.69, 9.17) is 11.2 Å². The maximum atomic E-state index is 11.6. The van der Waals surface area contributed by atoms with Crippen molar-refractivity contribution in [2.24, 2.45) is 0 Å². The average Bonchev–Trinajstić information content (AvgIpc) is 2.43. The summed E-state index contributed by atoms with van der Waals surface area (Å²) in [5.74, 6) is 2.81. The van der Waals surface area contributed by atoms with Crippen LogP contribution in [0.2, 0.25) is 0 Å². The largest absolute Gasteiger partial charge is 0.481 e. The molecule has 4 nitrogen and oxygen atoms in total. The van der Waals surface area contributed by atoms with Crippen molar-refractivity contribution >= 4 is 5.91 Å². The molecule has 1 aromatic rings. The van der Waals surface area contributed by atoms with E-state index in [0.717, 1.165) is 6.54 Å². The number of ether oxygens (including phenoxy) is 1. The van der Waals surface area contributed by atoms with Crippen molar-refractivity contribution in [1.29, 1.82) is 0 Å². The topological polar surface area (TPSA) is 50.4 Å². The first-order valence-electron chi connectivity index (χ1n) is 6.73. The molecule has 1 unspecified atom stereocenters. The number of hydrogen-bond donors (Lipinski definition) is 2. The highest BCUT2D eigenvalue weighted by Crippen LogP contribution is 2.14. The quantitative estimate of drug-likeness (QED) is 0.744. The summed E-state index contributed by atoms with van der Waals surface area (Å²) in [4.78, 5) is 11.6. The highest BCUT2D eigenvalue weighted by Gasteiger charge is 2.13. The third-order valence-electron chi connectivity index (χ3n) is 2.68. The number of carbonyl (C=O) groups is 1. The molecule has 0 aliphatic rings. The van der Waals surface area contributed by atoms with Gasteiger partial charge in [0, 0.05) is 12.6 Å². The lowest BCUT2D eigenvalue weighted by atomic mass is 10.2. The van der Waals surface area contributed by atoms with Gasteiger partial charge in [-0.05, 0) is 24.6 Å². The number of hydrogen-bond acceptors (Lipinski definition) is 3. The first kappa shape index (κ1) is 16.1. The monoisotopic (exact) mass is 274 g/mol. The molecule has 0 spiro atoms. The Kier molecular flexibility index (Phi) is 6.61. The van der Waals surface area contributed by atoms with E-state index in [1.165, 1.54) is 5.56 Å². The maximum absolute atomic E-state index is 11.6. The van der Waals surface area contributed by atoms with Crippen molar-refractivity contribution in [3.05, 3.63) is 29.8 Å². The number of benzene rings is 1. The maximum Gasteiger partial charge on any atom is 0.261 e. The van der Waals surface area contributed by atoms with E-state index in [-0.39, 0.29) is 12.5 Å². The van der Waals surface area contributed by atoms with Crippen LogP contribution in [0, 0.1) is 12.3 Å². The van der Waals surface area contributed by atoms with E-state index in [0.29, 0.717) is 11.8 Å². The first-order chi connectivity index (χ1) is 9.52. The Bertz CT molecular complexity index is 460. The fourth-order valence-corrected chi connectivity index (χ4v) is 1.55. The van der Waals surface area contributed by atoms with Gasteiger partial charge in [0.05, 0.1) is 6.54 Å². The minimum atomic E-state index is -0.567. The zero-order chi connectivity index (χ0) is 15.0. The zero-order valence-corrected chi connectivity index (χ0v) is 12.3. The summed E-state index contributed by atoms with van der Waals surface area (Å²) in [6.45, 7) is 6.94. The Labute approximate surface area is 120 Å². The fourth-order valence-electron chi connectivity index (χ4n) is 1.55. The van der Waals surface area contributed by atoms with E-state index < -0.39 is 6.10 Å². The summed E-state index contributed by atoms with van der Waals surface area (Å²) < 4.78 is 5.55. The molecule has 0 aliphatic carbocycles. The van der Waals surface area contributed by atoms with Gasteiger partial charge in [-0.25, -0.2) is 0 Å². The summed E-state index contributed by atoms with van der Waals surface area (Å²) in [6, 6.07) is 8.14. The smallest absolute Gasteiger partial charge is 0.261 e. The first-order valence-corrected chi connectivity index (χ1v) is 6.73. The highest BCUT2D eigenvalue weighted by atomic mass is 16.5. The van der Waals surface area contributed by atoms with Gasteiger partial charge in [-0.15, -0.1) is 6.42 Å². The zero-order valence-electron chi connectivity index (χ0n) is 12.3. The van der Waals surface area contributed by atoms with Gasteiger partial charge in [-0.3, -0.25) is 4.79 Å². The van der Waals surface area contributed by atoms with Crippen LogP contribution in [-0.4, -0.2) is 24.6 Å². The van der Waals surface area contributed by atoms with Crippen LogP contribution in [0.3, 0.4) is 0 Å². The molecule has 0 fully saturated rings. The molecule has 108 valence electrons. The van der Waals surface area contributed by atoms with Crippen LogP contribution < -0.4 is 15.4 Å². The molecule has 0 bridgehead atoms. The number of nitrogens with one attached hydrogen (secondary N) is 2. The summed E-state index contributed by atoms with van der Waals surface area (Å²) in [6.07, 6.45) is 4.52. The number of rotatable bonds is 7. The van der Waals surface area contributed by atoms with Gasteiger partial charge in [-0.2, -0.15) is 0 Å². The summed E-state index contributed by atoms with van der Waals surface area (Å²) in [7, 11) is 0. The molecule has 0 saturated carbocycles. The minimum Gasteiger partial charge on any atom is -0.481 e. The Hall–Kier alpha value is -1.99. The molecular weight excluding hydrogens is 252 g/mol. The fraction of sp³-hybridized carbons (Fsp3) is 0.438. The van der Waals surface area contributed by atoms with Crippen LogP contribution in [0.5, 0.6) is 5.75 Å². The molecule has 0 aromatic heterocycles. The Morgan fingerprint density at radius 1 is 1.30 bits per heavy atom. The van der Waals surface area contributed by atoms with E-state index in [1.54, 1.807) is 6.92 Å².